The quantitative estimate of drug-likeness (QED) is 0.372. The first-order valence-electron chi connectivity index (χ1n) is 6.84. The molecule has 0 saturated heterocycles. The number of benzene rings is 2. The number of H-pyrrole nitrogens is 1. The second-order valence-corrected chi connectivity index (χ2v) is 6.21. The SMILES string of the molecule is N=C(N)CC(Sc1cc2ccccc2[nH]1)c1ccccc1. The molecule has 0 amide bonds. The highest BCUT2D eigenvalue weighted by Crippen LogP contribution is 2.38. The van der Waals surface area contributed by atoms with E-state index in [0.29, 0.717) is 6.42 Å². The smallest absolute Gasteiger partial charge is 0.0920 e. The Balaban J connectivity index is 1.88. The molecule has 4 heteroatoms. The zero-order valence-corrected chi connectivity index (χ0v) is 12.4. The fourth-order valence-electron chi connectivity index (χ4n) is 2.36. The van der Waals surface area contributed by atoms with Gasteiger partial charge in [-0.3, -0.25) is 5.41 Å². The number of nitrogens with two attached hydrogens (primary N) is 1. The molecule has 2 aromatic carbocycles. The van der Waals surface area contributed by atoms with Crippen molar-refractivity contribution in [2.75, 3.05) is 0 Å². The number of rotatable bonds is 5. The Morgan fingerprint density at radius 3 is 2.52 bits per heavy atom. The van der Waals surface area contributed by atoms with Crippen molar-refractivity contribution in [2.24, 2.45) is 5.73 Å². The number of hydrogen-bond acceptors (Lipinski definition) is 2. The third kappa shape index (κ3) is 3.28. The molecule has 4 N–H and O–H groups in total. The number of amidine groups is 1. The summed E-state index contributed by atoms with van der Waals surface area (Å²) in [5.74, 6) is 0.215. The van der Waals surface area contributed by atoms with E-state index in [-0.39, 0.29) is 11.1 Å². The van der Waals surface area contributed by atoms with E-state index < -0.39 is 0 Å². The van der Waals surface area contributed by atoms with Gasteiger partial charge in [-0.25, -0.2) is 0 Å². The summed E-state index contributed by atoms with van der Waals surface area (Å²) in [6.45, 7) is 0. The third-order valence-electron chi connectivity index (χ3n) is 3.35. The Kier molecular flexibility index (Phi) is 3.97. The lowest BCUT2D eigenvalue weighted by molar-refractivity contribution is 0.980. The van der Waals surface area contributed by atoms with Gasteiger partial charge in [-0.05, 0) is 17.7 Å². The normalized spacial score (nSPS) is 12.4. The molecular formula is C17H17N3S. The lowest BCUT2D eigenvalue weighted by atomic mass is 10.1. The van der Waals surface area contributed by atoms with Gasteiger partial charge in [0.05, 0.1) is 10.9 Å². The average Bonchev–Trinajstić information content (AvgIpc) is 2.89. The molecule has 0 saturated carbocycles. The second-order valence-electron chi connectivity index (χ2n) is 4.97. The summed E-state index contributed by atoms with van der Waals surface area (Å²) in [6, 6.07) is 20.6. The van der Waals surface area contributed by atoms with Gasteiger partial charge in [0.2, 0.25) is 0 Å². The van der Waals surface area contributed by atoms with Crippen LogP contribution < -0.4 is 5.73 Å². The summed E-state index contributed by atoms with van der Waals surface area (Å²) < 4.78 is 0. The molecule has 0 spiro atoms. The standard InChI is InChI=1S/C17H17N3S/c18-16(19)11-15(12-6-2-1-3-7-12)21-17-10-13-8-4-5-9-14(13)20-17/h1-10,15,20H,11H2,(H3,18,19). The number of nitrogens with one attached hydrogen (secondary N) is 2. The minimum absolute atomic E-state index is 0.150. The number of para-hydroxylation sites is 1. The zero-order chi connectivity index (χ0) is 14.7. The van der Waals surface area contributed by atoms with E-state index in [2.05, 4.69) is 35.3 Å². The van der Waals surface area contributed by atoms with Crippen LogP contribution in [0.1, 0.15) is 17.2 Å². The molecule has 0 fully saturated rings. The van der Waals surface area contributed by atoms with Crippen molar-refractivity contribution in [1.82, 2.24) is 4.98 Å². The first-order chi connectivity index (χ1) is 10.2. The molecule has 106 valence electrons. The van der Waals surface area contributed by atoms with Crippen LogP contribution in [0.2, 0.25) is 0 Å². The number of fused-ring (bicyclic) bond motifs is 1. The molecule has 21 heavy (non-hydrogen) atoms. The van der Waals surface area contributed by atoms with Crippen LogP contribution >= 0.6 is 11.8 Å². The van der Waals surface area contributed by atoms with Gasteiger partial charge in [0, 0.05) is 22.6 Å². The van der Waals surface area contributed by atoms with E-state index in [4.69, 9.17) is 11.1 Å². The number of aromatic nitrogens is 1. The van der Waals surface area contributed by atoms with Crippen LogP contribution in [0.3, 0.4) is 0 Å². The van der Waals surface area contributed by atoms with Crippen molar-refractivity contribution in [2.45, 2.75) is 16.7 Å². The van der Waals surface area contributed by atoms with Crippen molar-refractivity contribution in [3.8, 4) is 0 Å². The zero-order valence-electron chi connectivity index (χ0n) is 11.5. The van der Waals surface area contributed by atoms with Crippen LogP contribution in [0.25, 0.3) is 10.9 Å². The van der Waals surface area contributed by atoms with Crippen LogP contribution in [0.15, 0.2) is 65.7 Å². The van der Waals surface area contributed by atoms with Crippen LogP contribution in [0.4, 0.5) is 0 Å². The molecule has 3 aromatic rings. The van der Waals surface area contributed by atoms with Crippen molar-refractivity contribution in [1.29, 1.82) is 5.41 Å². The first-order valence-corrected chi connectivity index (χ1v) is 7.72. The van der Waals surface area contributed by atoms with E-state index in [1.165, 1.54) is 10.9 Å². The molecule has 1 atom stereocenters. The maximum atomic E-state index is 7.60. The average molecular weight is 295 g/mol. The van der Waals surface area contributed by atoms with E-state index in [1.54, 1.807) is 11.8 Å². The molecule has 1 heterocycles. The van der Waals surface area contributed by atoms with Gasteiger partial charge in [-0.2, -0.15) is 0 Å². The summed E-state index contributed by atoms with van der Waals surface area (Å²) in [6.07, 6.45) is 0.546. The summed E-state index contributed by atoms with van der Waals surface area (Å²) in [5, 5.41) is 10.1. The van der Waals surface area contributed by atoms with E-state index in [0.717, 1.165) is 10.5 Å². The highest BCUT2D eigenvalue weighted by Gasteiger charge is 2.15. The Morgan fingerprint density at radius 1 is 1.10 bits per heavy atom. The Bertz CT molecular complexity index is 716. The first kappa shape index (κ1) is 13.8. The lowest BCUT2D eigenvalue weighted by Gasteiger charge is -2.15. The molecule has 1 aromatic heterocycles. The third-order valence-corrected chi connectivity index (χ3v) is 4.55. The van der Waals surface area contributed by atoms with Gasteiger partial charge in [-0.15, -0.1) is 0 Å². The van der Waals surface area contributed by atoms with Gasteiger partial charge in [-0.1, -0.05) is 60.3 Å². The molecule has 3 nitrogen and oxygen atoms in total. The van der Waals surface area contributed by atoms with E-state index in [1.807, 2.05) is 30.3 Å². The van der Waals surface area contributed by atoms with Gasteiger partial charge < -0.3 is 10.7 Å². The fraction of sp³-hybridized carbons (Fsp3) is 0.118. The van der Waals surface area contributed by atoms with Gasteiger partial charge >= 0.3 is 0 Å². The number of hydrogen-bond donors (Lipinski definition) is 3. The van der Waals surface area contributed by atoms with Crippen molar-refractivity contribution in [3.05, 3.63) is 66.2 Å². The summed E-state index contributed by atoms with van der Waals surface area (Å²) in [7, 11) is 0. The van der Waals surface area contributed by atoms with Crippen molar-refractivity contribution < 1.29 is 0 Å². The summed E-state index contributed by atoms with van der Waals surface area (Å²) >= 11 is 1.72. The fourth-order valence-corrected chi connectivity index (χ4v) is 3.59. The summed E-state index contributed by atoms with van der Waals surface area (Å²) in [4.78, 5) is 3.42. The maximum absolute atomic E-state index is 7.60. The number of aromatic amines is 1. The van der Waals surface area contributed by atoms with Gasteiger partial charge in [0.1, 0.15) is 0 Å². The molecule has 1 unspecified atom stereocenters. The monoisotopic (exact) mass is 295 g/mol. The Hall–Kier alpha value is -2.20. The van der Waals surface area contributed by atoms with Crippen LogP contribution in [-0.4, -0.2) is 10.8 Å². The predicted octanol–water partition coefficient (Wildman–Crippen LogP) is 4.33. The molecule has 3 rings (SSSR count). The highest BCUT2D eigenvalue weighted by molar-refractivity contribution is 7.99. The second kappa shape index (κ2) is 6.06. The minimum atomic E-state index is 0.150. The molecule has 0 bridgehead atoms. The topological polar surface area (TPSA) is 65.7 Å². The van der Waals surface area contributed by atoms with Crippen molar-refractivity contribution in [3.63, 3.8) is 0 Å². The summed E-state index contributed by atoms with van der Waals surface area (Å²) in [5.41, 5.74) is 7.94. The molecular weight excluding hydrogens is 278 g/mol. The van der Waals surface area contributed by atoms with Crippen LogP contribution in [-0.2, 0) is 0 Å². The molecule has 0 aliphatic heterocycles. The van der Waals surface area contributed by atoms with E-state index >= 15 is 0 Å². The predicted molar refractivity (Wildman–Crippen MR) is 89.9 cm³/mol. The van der Waals surface area contributed by atoms with Gasteiger partial charge in [0.25, 0.3) is 0 Å². The highest BCUT2D eigenvalue weighted by atomic mass is 32.2. The lowest BCUT2D eigenvalue weighted by Crippen LogP contribution is -2.13. The largest absolute Gasteiger partial charge is 0.388 e. The van der Waals surface area contributed by atoms with E-state index in [9.17, 15) is 0 Å². The Morgan fingerprint density at radius 2 is 1.81 bits per heavy atom. The minimum Gasteiger partial charge on any atom is -0.388 e. The molecule has 0 radical (unpaired) electrons. The maximum Gasteiger partial charge on any atom is 0.0920 e. The molecule has 0 aliphatic rings. The molecule has 0 aliphatic carbocycles. The van der Waals surface area contributed by atoms with Crippen molar-refractivity contribution >= 4 is 28.5 Å². The van der Waals surface area contributed by atoms with Gasteiger partial charge in [0.15, 0.2) is 0 Å². The Labute approximate surface area is 128 Å². The van der Waals surface area contributed by atoms with Crippen LogP contribution in [0, 0.1) is 5.41 Å². The number of thioether (sulfide) groups is 1. The van der Waals surface area contributed by atoms with Crippen LogP contribution in [0.5, 0.6) is 0 Å².